The summed E-state index contributed by atoms with van der Waals surface area (Å²) in [5.74, 6) is 1.29. The Morgan fingerprint density at radius 2 is 1.92 bits per heavy atom. The molecule has 0 unspecified atom stereocenters. The van der Waals surface area contributed by atoms with Gasteiger partial charge in [-0.25, -0.2) is 4.99 Å². The van der Waals surface area contributed by atoms with E-state index in [9.17, 15) is 0 Å². The van der Waals surface area contributed by atoms with Crippen LogP contribution in [0.5, 0.6) is 0 Å². The van der Waals surface area contributed by atoms with Gasteiger partial charge in [0, 0.05) is 6.07 Å². The molecule has 0 saturated heterocycles. The minimum Gasteiger partial charge on any atom is -0.463 e. The summed E-state index contributed by atoms with van der Waals surface area (Å²) in [6.07, 6.45) is 4.79. The van der Waals surface area contributed by atoms with Gasteiger partial charge in [-0.05, 0) is 18.2 Å². The monoisotopic (exact) mass is 161 g/mol. The van der Waals surface area contributed by atoms with Gasteiger partial charge < -0.3 is 8.83 Å². The van der Waals surface area contributed by atoms with Crippen molar-refractivity contribution >= 4 is 12.1 Å². The van der Waals surface area contributed by atoms with Gasteiger partial charge in [-0.15, -0.1) is 0 Å². The molecule has 0 saturated carbocycles. The summed E-state index contributed by atoms with van der Waals surface area (Å²) >= 11 is 0. The zero-order chi connectivity index (χ0) is 8.23. The topological polar surface area (TPSA) is 38.6 Å². The van der Waals surface area contributed by atoms with E-state index in [2.05, 4.69) is 4.99 Å². The molecule has 3 nitrogen and oxygen atoms in total. The molecular formula is C9H7NO2. The predicted octanol–water partition coefficient (Wildman–Crippen LogP) is 2.62. The van der Waals surface area contributed by atoms with Crippen LogP contribution in [-0.2, 0) is 0 Å². The van der Waals surface area contributed by atoms with Crippen molar-refractivity contribution in [2.24, 2.45) is 4.99 Å². The molecule has 2 aromatic heterocycles. The molecule has 0 aliphatic heterocycles. The Morgan fingerprint density at radius 3 is 2.58 bits per heavy atom. The Hall–Kier alpha value is -1.77. The van der Waals surface area contributed by atoms with Gasteiger partial charge in [-0.1, -0.05) is 0 Å². The van der Waals surface area contributed by atoms with Gasteiger partial charge >= 0.3 is 0 Å². The van der Waals surface area contributed by atoms with E-state index in [0.29, 0.717) is 11.6 Å². The average molecular weight is 161 g/mol. The quantitative estimate of drug-likeness (QED) is 0.635. The van der Waals surface area contributed by atoms with E-state index in [0.717, 1.165) is 0 Å². The number of hydrogen-bond acceptors (Lipinski definition) is 3. The number of nitrogens with zero attached hydrogens (tertiary/aromatic N) is 1. The first-order chi connectivity index (χ1) is 5.95. The van der Waals surface area contributed by atoms with Crippen LogP contribution < -0.4 is 0 Å². The van der Waals surface area contributed by atoms with Crippen molar-refractivity contribution < 1.29 is 8.83 Å². The van der Waals surface area contributed by atoms with E-state index in [1.54, 1.807) is 30.9 Å². The highest BCUT2D eigenvalue weighted by molar-refractivity contribution is 5.77. The average Bonchev–Trinajstić information content (AvgIpc) is 2.74. The van der Waals surface area contributed by atoms with E-state index >= 15 is 0 Å². The van der Waals surface area contributed by atoms with Crippen LogP contribution in [0.2, 0.25) is 0 Å². The highest BCUT2D eigenvalue weighted by atomic mass is 16.3. The number of rotatable bonds is 2. The first-order valence-electron chi connectivity index (χ1n) is 3.56. The Labute approximate surface area is 69.3 Å². The van der Waals surface area contributed by atoms with Gasteiger partial charge in [0.15, 0.2) is 0 Å². The van der Waals surface area contributed by atoms with Crippen LogP contribution in [0.25, 0.3) is 0 Å². The molecule has 0 spiro atoms. The molecule has 0 fully saturated rings. The fraction of sp³-hybridized carbons (Fsp3) is 0. The van der Waals surface area contributed by atoms with Crippen molar-refractivity contribution in [3.05, 3.63) is 42.6 Å². The molecule has 0 radical (unpaired) electrons. The first-order valence-corrected chi connectivity index (χ1v) is 3.56. The van der Waals surface area contributed by atoms with Crippen LogP contribution in [-0.4, -0.2) is 6.21 Å². The van der Waals surface area contributed by atoms with Gasteiger partial charge in [0.25, 0.3) is 0 Å². The van der Waals surface area contributed by atoms with Crippen LogP contribution in [0.3, 0.4) is 0 Å². The third-order valence-electron chi connectivity index (χ3n) is 1.37. The van der Waals surface area contributed by atoms with Crippen molar-refractivity contribution in [2.75, 3.05) is 0 Å². The highest BCUT2D eigenvalue weighted by Gasteiger charge is 1.90. The molecule has 3 heteroatoms. The standard InChI is InChI=1S/C9H7NO2/c1-3-8(11-5-1)7-10-9-4-2-6-12-9/h1-7H. The van der Waals surface area contributed by atoms with E-state index in [1.165, 1.54) is 0 Å². The minimum absolute atomic E-state index is 0.575. The van der Waals surface area contributed by atoms with Crippen molar-refractivity contribution in [1.29, 1.82) is 0 Å². The predicted molar refractivity (Wildman–Crippen MR) is 44.7 cm³/mol. The summed E-state index contributed by atoms with van der Waals surface area (Å²) in [7, 11) is 0. The third kappa shape index (κ3) is 1.45. The van der Waals surface area contributed by atoms with E-state index in [1.807, 2.05) is 12.1 Å². The molecule has 0 atom stereocenters. The van der Waals surface area contributed by atoms with E-state index < -0.39 is 0 Å². The maximum atomic E-state index is 5.04. The lowest BCUT2D eigenvalue weighted by molar-refractivity contribution is 0.558. The van der Waals surface area contributed by atoms with Crippen molar-refractivity contribution in [1.82, 2.24) is 0 Å². The molecular weight excluding hydrogens is 154 g/mol. The van der Waals surface area contributed by atoms with Crippen LogP contribution in [0.4, 0.5) is 5.88 Å². The summed E-state index contributed by atoms with van der Waals surface area (Å²) in [6, 6.07) is 7.20. The molecule has 60 valence electrons. The van der Waals surface area contributed by atoms with Crippen LogP contribution >= 0.6 is 0 Å². The number of furan rings is 2. The van der Waals surface area contributed by atoms with Crippen molar-refractivity contribution in [3.63, 3.8) is 0 Å². The molecule has 2 rings (SSSR count). The molecule has 0 aliphatic rings. The summed E-state index contributed by atoms with van der Waals surface area (Å²) in [6.45, 7) is 0. The first kappa shape index (κ1) is 6.91. The smallest absolute Gasteiger partial charge is 0.218 e. The van der Waals surface area contributed by atoms with Crippen molar-refractivity contribution in [3.8, 4) is 0 Å². The molecule has 0 bridgehead atoms. The van der Waals surface area contributed by atoms with Gasteiger partial charge in [-0.2, -0.15) is 0 Å². The Bertz CT molecular complexity index is 310. The summed E-state index contributed by atoms with van der Waals surface area (Å²) in [5, 5.41) is 0. The van der Waals surface area contributed by atoms with Gasteiger partial charge in [0.1, 0.15) is 5.76 Å². The van der Waals surface area contributed by atoms with Gasteiger partial charge in [0.05, 0.1) is 18.7 Å². The highest BCUT2D eigenvalue weighted by Crippen LogP contribution is 2.10. The maximum Gasteiger partial charge on any atom is 0.218 e. The molecule has 0 aromatic carbocycles. The molecule has 0 N–H and O–H groups in total. The Balaban J connectivity index is 2.14. The second-order valence-corrected chi connectivity index (χ2v) is 2.22. The summed E-state index contributed by atoms with van der Waals surface area (Å²) < 4.78 is 10.0. The van der Waals surface area contributed by atoms with Crippen molar-refractivity contribution in [2.45, 2.75) is 0 Å². The third-order valence-corrected chi connectivity index (χ3v) is 1.37. The fourth-order valence-electron chi connectivity index (χ4n) is 0.835. The maximum absolute atomic E-state index is 5.04. The summed E-state index contributed by atoms with van der Waals surface area (Å²) in [4.78, 5) is 4.02. The molecule has 2 heterocycles. The SMILES string of the molecule is C(=Nc1ccco1)c1ccco1. The second-order valence-electron chi connectivity index (χ2n) is 2.22. The lowest BCUT2D eigenvalue weighted by atomic mass is 10.5. The summed E-state index contributed by atoms with van der Waals surface area (Å²) in [5.41, 5.74) is 0. The zero-order valence-electron chi connectivity index (χ0n) is 6.31. The second kappa shape index (κ2) is 3.09. The van der Waals surface area contributed by atoms with E-state index in [4.69, 9.17) is 8.83 Å². The lowest BCUT2D eigenvalue weighted by Crippen LogP contribution is -1.70. The molecule has 12 heavy (non-hydrogen) atoms. The normalized spacial score (nSPS) is 11.0. The number of hydrogen-bond donors (Lipinski definition) is 0. The molecule has 0 amide bonds. The molecule has 2 aromatic rings. The van der Waals surface area contributed by atoms with Gasteiger partial charge in [-0.3, -0.25) is 0 Å². The van der Waals surface area contributed by atoms with Crippen LogP contribution in [0, 0.1) is 0 Å². The minimum atomic E-state index is 0.575. The van der Waals surface area contributed by atoms with Gasteiger partial charge in [0.2, 0.25) is 5.88 Å². The Kier molecular flexibility index (Phi) is 1.78. The largest absolute Gasteiger partial charge is 0.463 e. The van der Waals surface area contributed by atoms with Crippen LogP contribution in [0.15, 0.2) is 50.6 Å². The lowest BCUT2D eigenvalue weighted by Gasteiger charge is -1.82. The number of aliphatic imine (C=N–C) groups is 1. The zero-order valence-corrected chi connectivity index (χ0v) is 6.31. The van der Waals surface area contributed by atoms with E-state index in [-0.39, 0.29) is 0 Å². The Morgan fingerprint density at radius 1 is 1.08 bits per heavy atom. The molecule has 0 aliphatic carbocycles. The van der Waals surface area contributed by atoms with Crippen LogP contribution in [0.1, 0.15) is 5.76 Å². The fourth-order valence-corrected chi connectivity index (χ4v) is 0.835.